The van der Waals surface area contributed by atoms with Crippen LogP contribution in [0.15, 0.2) is 29.2 Å². The summed E-state index contributed by atoms with van der Waals surface area (Å²) in [7, 11) is -2.01. The molecule has 0 bridgehead atoms. The zero-order valence-corrected chi connectivity index (χ0v) is 15.9. The molecule has 4 N–H and O–H groups in total. The van der Waals surface area contributed by atoms with Gasteiger partial charge in [0.2, 0.25) is 15.9 Å². The van der Waals surface area contributed by atoms with Gasteiger partial charge in [-0.15, -0.1) is 12.4 Å². The summed E-state index contributed by atoms with van der Waals surface area (Å²) in [6.45, 7) is 0.918. The van der Waals surface area contributed by atoms with E-state index in [-0.39, 0.29) is 36.3 Å². The molecule has 7 nitrogen and oxygen atoms in total. The molecule has 142 valence electrons. The maximum atomic E-state index is 12.6. The Balaban J connectivity index is 0.00000312. The molecule has 0 aliphatic heterocycles. The van der Waals surface area contributed by atoms with E-state index in [0.717, 1.165) is 19.3 Å². The SMILES string of the molecule is COCCC1(C(=O)Nc2cccc(S(=O)(=O)NCCN)c2)CCC1.Cl. The van der Waals surface area contributed by atoms with E-state index in [9.17, 15) is 13.2 Å². The molecule has 9 heteroatoms. The quantitative estimate of drug-likeness (QED) is 0.590. The minimum absolute atomic E-state index is 0. The van der Waals surface area contributed by atoms with Crippen molar-refractivity contribution in [1.82, 2.24) is 4.72 Å². The van der Waals surface area contributed by atoms with Crippen molar-refractivity contribution in [2.75, 3.05) is 32.1 Å². The highest BCUT2D eigenvalue weighted by atomic mass is 35.5. The summed E-state index contributed by atoms with van der Waals surface area (Å²) >= 11 is 0. The van der Waals surface area contributed by atoms with Crippen LogP contribution in [-0.4, -0.2) is 41.1 Å². The lowest BCUT2D eigenvalue weighted by Gasteiger charge is -2.40. The molecule has 1 aromatic rings. The first-order valence-corrected chi connectivity index (χ1v) is 9.52. The monoisotopic (exact) mass is 391 g/mol. The number of anilines is 1. The molecule has 0 atom stereocenters. The first-order chi connectivity index (χ1) is 11.4. The molecule has 1 aliphatic carbocycles. The Morgan fingerprint density at radius 3 is 2.64 bits per heavy atom. The van der Waals surface area contributed by atoms with E-state index >= 15 is 0 Å². The zero-order valence-electron chi connectivity index (χ0n) is 14.3. The van der Waals surface area contributed by atoms with Gasteiger partial charge in [-0.05, 0) is 37.5 Å². The summed E-state index contributed by atoms with van der Waals surface area (Å²) in [4.78, 5) is 12.7. The highest BCUT2D eigenvalue weighted by Gasteiger charge is 2.43. The number of nitrogens with one attached hydrogen (secondary N) is 2. The average Bonchev–Trinajstić information content (AvgIpc) is 2.52. The Kier molecular flexibility index (Phi) is 8.30. The largest absolute Gasteiger partial charge is 0.385 e. The Morgan fingerprint density at radius 1 is 1.36 bits per heavy atom. The van der Waals surface area contributed by atoms with Crippen LogP contribution in [-0.2, 0) is 19.6 Å². The van der Waals surface area contributed by atoms with Crippen molar-refractivity contribution in [3.05, 3.63) is 24.3 Å². The summed E-state index contributed by atoms with van der Waals surface area (Å²) in [5, 5.41) is 2.85. The van der Waals surface area contributed by atoms with Crippen molar-refractivity contribution in [3.63, 3.8) is 0 Å². The molecule has 2 rings (SSSR count). The van der Waals surface area contributed by atoms with Crippen LogP contribution in [0.3, 0.4) is 0 Å². The van der Waals surface area contributed by atoms with Gasteiger partial charge in [-0.1, -0.05) is 12.5 Å². The van der Waals surface area contributed by atoms with Gasteiger partial charge in [0.15, 0.2) is 0 Å². The number of nitrogens with two attached hydrogens (primary N) is 1. The van der Waals surface area contributed by atoms with Crippen LogP contribution in [0.2, 0.25) is 0 Å². The van der Waals surface area contributed by atoms with Gasteiger partial charge in [0, 0.05) is 32.5 Å². The number of carbonyl (C=O) groups excluding carboxylic acids is 1. The molecule has 0 aromatic heterocycles. The summed E-state index contributed by atoms with van der Waals surface area (Å²) in [6, 6.07) is 6.23. The van der Waals surface area contributed by atoms with Crippen LogP contribution in [0.4, 0.5) is 5.69 Å². The highest BCUT2D eigenvalue weighted by Crippen LogP contribution is 2.44. The Bertz CT molecular complexity index is 678. The van der Waals surface area contributed by atoms with E-state index in [1.807, 2.05) is 0 Å². The standard InChI is InChI=1S/C16H25N3O4S.ClH/c1-23-11-8-16(6-3-7-16)15(20)19-13-4-2-5-14(12-13)24(21,22)18-10-9-17;/h2,4-5,12,18H,3,6-11,17H2,1H3,(H,19,20);1H. The van der Waals surface area contributed by atoms with Crippen LogP contribution >= 0.6 is 12.4 Å². The third kappa shape index (κ3) is 5.39. The molecule has 0 spiro atoms. The van der Waals surface area contributed by atoms with Crippen molar-refractivity contribution in [3.8, 4) is 0 Å². The molecule has 1 aromatic carbocycles. The number of benzene rings is 1. The van der Waals surface area contributed by atoms with Gasteiger partial charge in [-0.3, -0.25) is 4.79 Å². The fraction of sp³-hybridized carbons (Fsp3) is 0.562. The van der Waals surface area contributed by atoms with Gasteiger partial charge < -0.3 is 15.8 Å². The number of sulfonamides is 1. The van der Waals surface area contributed by atoms with Crippen LogP contribution < -0.4 is 15.8 Å². The van der Waals surface area contributed by atoms with E-state index < -0.39 is 15.4 Å². The third-order valence-corrected chi connectivity index (χ3v) is 5.87. The van der Waals surface area contributed by atoms with E-state index in [1.165, 1.54) is 12.1 Å². The highest BCUT2D eigenvalue weighted by molar-refractivity contribution is 7.89. The van der Waals surface area contributed by atoms with Crippen LogP contribution in [0, 0.1) is 5.41 Å². The number of amides is 1. The normalized spacial score (nSPS) is 15.8. The van der Waals surface area contributed by atoms with Crippen molar-refractivity contribution in [2.24, 2.45) is 11.1 Å². The van der Waals surface area contributed by atoms with Gasteiger partial charge in [0.1, 0.15) is 0 Å². The summed E-state index contributed by atoms with van der Waals surface area (Å²) in [5.74, 6) is -0.0738. The predicted molar refractivity (Wildman–Crippen MR) is 99.3 cm³/mol. The molecule has 1 saturated carbocycles. The topological polar surface area (TPSA) is 111 Å². The number of rotatable bonds is 9. The number of halogens is 1. The molecule has 25 heavy (non-hydrogen) atoms. The van der Waals surface area contributed by atoms with E-state index in [4.69, 9.17) is 10.5 Å². The fourth-order valence-corrected chi connectivity index (χ4v) is 3.87. The maximum absolute atomic E-state index is 12.6. The Hall–Kier alpha value is -1.19. The van der Waals surface area contributed by atoms with Crippen molar-refractivity contribution in [2.45, 2.75) is 30.6 Å². The van der Waals surface area contributed by atoms with Crippen LogP contribution in [0.5, 0.6) is 0 Å². The van der Waals surface area contributed by atoms with E-state index in [1.54, 1.807) is 19.2 Å². The first-order valence-electron chi connectivity index (χ1n) is 8.04. The number of hydrogen-bond donors (Lipinski definition) is 3. The van der Waals surface area contributed by atoms with Gasteiger partial charge >= 0.3 is 0 Å². The Morgan fingerprint density at radius 2 is 2.08 bits per heavy atom. The fourth-order valence-electron chi connectivity index (χ4n) is 2.77. The van der Waals surface area contributed by atoms with Gasteiger partial charge in [0.05, 0.1) is 10.3 Å². The second kappa shape index (κ2) is 9.49. The smallest absolute Gasteiger partial charge is 0.240 e. The lowest BCUT2D eigenvalue weighted by molar-refractivity contribution is -0.131. The van der Waals surface area contributed by atoms with Crippen LogP contribution in [0.25, 0.3) is 0 Å². The lowest BCUT2D eigenvalue weighted by atomic mass is 9.66. The van der Waals surface area contributed by atoms with E-state index in [0.29, 0.717) is 18.7 Å². The van der Waals surface area contributed by atoms with Crippen molar-refractivity contribution in [1.29, 1.82) is 0 Å². The molecule has 1 amide bonds. The molecule has 1 fully saturated rings. The summed E-state index contributed by atoms with van der Waals surface area (Å²) in [6.07, 6.45) is 3.36. The number of hydrogen-bond acceptors (Lipinski definition) is 5. The number of methoxy groups -OCH3 is 1. The first kappa shape index (κ1) is 21.9. The van der Waals surface area contributed by atoms with Gasteiger partial charge in [0.25, 0.3) is 0 Å². The predicted octanol–water partition coefficient (Wildman–Crippen LogP) is 1.49. The minimum atomic E-state index is -3.62. The van der Waals surface area contributed by atoms with Crippen molar-refractivity contribution < 1.29 is 17.9 Å². The summed E-state index contributed by atoms with van der Waals surface area (Å²) in [5.41, 5.74) is 5.40. The average molecular weight is 392 g/mol. The molecule has 0 saturated heterocycles. The second-order valence-electron chi connectivity index (χ2n) is 6.05. The summed E-state index contributed by atoms with van der Waals surface area (Å²) < 4.78 is 31.8. The molecule has 0 unspecified atom stereocenters. The molecular weight excluding hydrogens is 366 g/mol. The van der Waals surface area contributed by atoms with Crippen LogP contribution in [0.1, 0.15) is 25.7 Å². The van der Waals surface area contributed by atoms with Gasteiger partial charge in [-0.2, -0.15) is 0 Å². The van der Waals surface area contributed by atoms with Crippen molar-refractivity contribution >= 4 is 34.0 Å². The molecular formula is C16H26ClN3O4S. The number of carbonyl (C=O) groups is 1. The van der Waals surface area contributed by atoms with E-state index in [2.05, 4.69) is 10.0 Å². The maximum Gasteiger partial charge on any atom is 0.240 e. The lowest BCUT2D eigenvalue weighted by Crippen LogP contribution is -2.42. The molecule has 0 radical (unpaired) electrons. The zero-order chi connectivity index (χ0) is 17.6. The molecule has 0 heterocycles. The second-order valence-corrected chi connectivity index (χ2v) is 7.81. The molecule has 1 aliphatic rings. The third-order valence-electron chi connectivity index (χ3n) is 4.42. The minimum Gasteiger partial charge on any atom is -0.385 e. The van der Waals surface area contributed by atoms with Gasteiger partial charge in [-0.25, -0.2) is 13.1 Å². The Labute approximate surface area is 155 Å². The number of ether oxygens (including phenoxy) is 1.